The van der Waals surface area contributed by atoms with Crippen molar-refractivity contribution in [2.75, 3.05) is 19.4 Å². The van der Waals surface area contributed by atoms with E-state index < -0.39 is 12.1 Å². The number of carbonyl (C=O) groups is 3. The second kappa shape index (κ2) is 19.1. The van der Waals surface area contributed by atoms with Gasteiger partial charge in [-0.05, 0) is 65.1 Å². The number of amides is 3. The van der Waals surface area contributed by atoms with Crippen LogP contribution in [0.4, 0.5) is 9.59 Å². The highest BCUT2D eigenvalue weighted by Gasteiger charge is 2.42. The number of carbonyl (C=O) groups excluding carboxylic acids is 3. The van der Waals surface area contributed by atoms with E-state index in [4.69, 9.17) is 19.4 Å². The molecule has 0 radical (unpaired) electrons. The van der Waals surface area contributed by atoms with Crippen molar-refractivity contribution in [1.82, 2.24) is 40.0 Å². The van der Waals surface area contributed by atoms with Crippen molar-refractivity contribution in [3.05, 3.63) is 138 Å². The molecule has 5 heterocycles. The molecule has 0 saturated carbocycles. The van der Waals surface area contributed by atoms with E-state index in [1.165, 1.54) is 7.11 Å². The molecule has 2 aliphatic rings. The Hall–Kier alpha value is -6.41. The van der Waals surface area contributed by atoms with Gasteiger partial charge in [0.1, 0.15) is 35.7 Å². The Labute approximate surface area is 366 Å². The molecule has 8 rings (SSSR count). The number of ether oxygens (including phenoxy) is 2. The SMILES string of the molecule is CCCc1[nH]c(C2CSC(c3ccncc3)N2C(=O)OCc2ccccc2)nc1-c1ccc(-c2ccc(-c3cnc(C4CCCN4C(=O)C(NC(=O)OC)C(C)C)[nH]3)cc2)cc1. The first-order chi connectivity index (χ1) is 30.2. The second-order valence-corrected chi connectivity index (χ2v) is 17.1. The molecule has 4 unspecified atom stereocenters. The van der Waals surface area contributed by atoms with Crippen molar-refractivity contribution < 1.29 is 23.9 Å². The number of likely N-dealkylation sites (tertiary alicyclic amines) is 1. The third kappa shape index (κ3) is 9.10. The van der Waals surface area contributed by atoms with Crippen LogP contribution < -0.4 is 5.32 Å². The summed E-state index contributed by atoms with van der Waals surface area (Å²) >= 11 is 1.69. The highest BCUT2D eigenvalue weighted by molar-refractivity contribution is 7.99. The quantitative estimate of drug-likeness (QED) is 0.103. The van der Waals surface area contributed by atoms with E-state index in [-0.39, 0.29) is 42.0 Å². The van der Waals surface area contributed by atoms with Crippen molar-refractivity contribution in [2.45, 2.75) is 76.6 Å². The standard InChI is InChI=1S/C48H52N8O5S/c1-5-10-37-42(53-44(51-37)40-29-62-46(36-22-24-49-25-23-36)56(40)48(59)61-28-31-11-7-6-8-12-31)35-20-16-33(17-21-35)32-14-18-34(19-15-32)38-27-50-43(52-38)39-13-9-26-55(39)45(57)41(30(2)3)54-47(58)60-4/h6-8,11-12,14-25,27,30,39-41,46H,5,9-10,13,26,28-29H2,1-4H3,(H,50,52)(H,51,53)(H,54,58). The summed E-state index contributed by atoms with van der Waals surface area (Å²) in [6.07, 6.45) is 7.69. The molecule has 2 fully saturated rings. The van der Waals surface area contributed by atoms with Crippen LogP contribution >= 0.6 is 11.8 Å². The Balaban J connectivity index is 0.979. The largest absolute Gasteiger partial charge is 0.453 e. The first-order valence-corrected chi connectivity index (χ1v) is 22.3. The van der Waals surface area contributed by atoms with Crippen LogP contribution in [-0.4, -0.2) is 78.3 Å². The van der Waals surface area contributed by atoms with Crippen LogP contribution in [0.2, 0.25) is 0 Å². The van der Waals surface area contributed by atoms with Crippen LogP contribution in [0.25, 0.3) is 33.6 Å². The van der Waals surface area contributed by atoms with Gasteiger partial charge < -0.3 is 29.7 Å². The number of thioether (sulfide) groups is 1. The summed E-state index contributed by atoms with van der Waals surface area (Å²) in [5, 5.41) is 2.46. The molecular formula is C48H52N8O5S. The zero-order valence-electron chi connectivity index (χ0n) is 35.4. The molecule has 62 heavy (non-hydrogen) atoms. The number of nitrogens with one attached hydrogen (secondary N) is 3. The van der Waals surface area contributed by atoms with Gasteiger partial charge in [0.15, 0.2) is 0 Å². The lowest BCUT2D eigenvalue weighted by Crippen LogP contribution is -2.51. The van der Waals surface area contributed by atoms with Gasteiger partial charge in [-0.1, -0.05) is 106 Å². The molecule has 3 N–H and O–H groups in total. The predicted molar refractivity (Wildman–Crippen MR) is 240 cm³/mol. The number of nitrogens with zero attached hydrogens (tertiary/aromatic N) is 5. The first-order valence-electron chi connectivity index (χ1n) is 21.2. The lowest BCUT2D eigenvalue weighted by Gasteiger charge is -2.30. The molecular weight excluding hydrogens is 801 g/mol. The van der Waals surface area contributed by atoms with Crippen molar-refractivity contribution in [3.63, 3.8) is 0 Å². The fourth-order valence-corrected chi connectivity index (χ4v) is 9.71. The minimum absolute atomic E-state index is 0.106. The molecule has 0 bridgehead atoms. The van der Waals surface area contributed by atoms with E-state index in [0.29, 0.717) is 12.3 Å². The third-order valence-corrected chi connectivity index (χ3v) is 12.9. The number of alkyl carbamates (subject to hydrolysis) is 1. The molecule has 320 valence electrons. The topological polar surface area (TPSA) is 158 Å². The first kappa shape index (κ1) is 42.3. The maximum absolute atomic E-state index is 13.9. The maximum atomic E-state index is 13.9. The van der Waals surface area contributed by atoms with Crippen molar-refractivity contribution >= 4 is 29.9 Å². The van der Waals surface area contributed by atoms with Crippen LogP contribution in [0.15, 0.2) is 110 Å². The summed E-state index contributed by atoms with van der Waals surface area (Å²) in [6, 6.07) is 29.2. The number of benzene rings is 3. The van der Waals surface area contributed by atoms with Gasteiger partial charge in [-0.15, -0.1) is 11.8 Å². The summed E-state index contributed by atoms with van der Waals surface area (Å²) < 4.78 is 10.7. The smallest absolute Gasteiger partial charge is 0.411 e. The van der Waals surface area contributed by atoms with Gasteiger partial charge in [-0.3, -0.25) is 14.7 Å². The summed E-state index contributed by atoms with van der Waals surface area (Å²) in [5.41, 5.74) is 8.81. The van der Waals surface area contributed by atoms with Crippen LogP contribution in [0, 0.1) is 5.92 Å². The molecule has 0 aliphatic carbocycles. The van der Waals surface area contributed by atoms with Crippen LogP contribution in [0.1, 0.15) is 86.0 Å². The number of H-pyrrole nitrogens is 2. The number of pyridine rings is 1. The number of hydrogen-bond acceptors (Lipinski definition) is 9. The number of hydrogen-bond donors (Lipinski definition) is 3. The van der Waals surface area contributed by atoms with E-state index in [0.717, 1.165) is 87.8 Å². The van der Waals surface area contributed by atoms with Gasteiger partial charge in [-0.2, -0.15) is 0 Å². The monoisotopic (exact) mass is 852 g/mol. The Morgan fingerprint density at radius 2 is 1.56 bits per heavy atom. The Kier molecular flexibility index (Phi) is 13.0. The van der Waals surface area contributed by atoms with Gasteiger partial charge in [-0.25, -0.2) is 19.6 Å². The summed E-state index contributed by atoms with van der Waals surface area (Å²) in [6.45, 7) is 6.74. The van der Waals surface area contributed by atoms with Crippen LogP contribution in [-0.2, 0) is 27.3 Å². The highest BCUT2D eigenvalue weighted by atomic mass is 32.2. The molecule has 13 nitrogen and oxygen atoms in total. The molecule has 6 aromatic rings. The number of aromatic nitrogens is 5. The van der Waals surface area contributed by atoms with Crippen LogP contribution in [0.5, 0.6) is 0 Å². The van der Waals surface area contributed by atoms with E-state index in [1.54, 1.807) is 24.2 Å². The van der Waals surface area contributed by atoms with Gasteiger partial charge in [0, 0.05) is 35.9 Å². The highest BCUT2D eigenvalue weighted by Crippen LogP contribution is 2.48. The summed E-state index contributed by atoms with van der Waals surface area (Å²) in [7, 11) is 1.29. The number of imidazole rings is 2. The molecule has 3 aromatic carbocycles. The van der Waals surface area contributed by atoms with Crippen molar-refractivity contribution in [2.24, 2.45) is 5.92 Å². The normalized spacial score (nSPS) is 17.9. The predicted octanol–water partition coefficient (Wildman–Crippen LogP) is 9.65. The van der Waals surface area contributed by atoms with Gasteiger partial charge >= 0.3 is 12.2 Å². The Morgan fingerprint density at radius 3 is 2.24 bits per heavy atom. The number of aromatic amines is 2. The van der Waals surface area contributed by atoms with E-state index in [9.17, 15) is 14.4 Å². The van der Waals surface area contributed by atoms with Crippen molar-refractivity contribution in [1.29, 1.82) is 0 Å². The molecule has 3 aromatic heterocycles. The molecule has 0 spiro atoms. The molecule has 2 saturated heterocycles. The second-order valence-electron chi connectivity index (χ2n) is 16.0. The molecule has 3 amide bonds. The van der Waals surface area contributed by atoms with E-state index >= 15 is 0 Å². The van der Waals surface area contributed by atoms with E-state index in [1.807, 2.05) is 72.3 Å². The van der Waals surface area contributed by atoms with Crippen LogP contribution in [0.3, 0.4) is 0 Å². The van der Waals surface area contributed by atoms with Gasteiger partial charge in [0.25, 0.3) is 0 Å². The number of aryl methyl sites for hydroxylation is 1. The molecule has 2 aliphatic heterocycles. The Morgan fingerprint density at radius 1 is 0.871 bits per heavy atom. The zero-order valence-corrected chi connectivity index (χ0v) is 36.2. The zero-order chi connectivity index (χ0) is 43.2. The average molecular weight is 853 g/mol. The molecule has 4 atom stereocenters. The Bertz CT molecular complexity index is 2460. The van der Waals surface area contributed by atoms with Gasteiger partial charge in [0.05, 0.1) is 30.7 Å². The fraction of sp³-hybridized carbons (Fsp3) is 0.333. The molecule has 14 heteroatoms. The third-order valence-electron chi connectivity index (χ3n) is 11.5. The minimum Gasteiger partial charge on any atom is -0.453 e. The number of methoxy groups -OCH3 is 1. The fourth-order valence-electron chi connectivity index (χ4n) is 8.28. The minimum atomic E-state index is -0.689. The lowest BCUT2D eigenvalue weighted by molar-refractivity contribution is -0.135. The van der Waals surface area contributed by atoms with Crippen molar-refractivity contribution in [3.8, 4) is 33.6 Å². The average Bonchev–Trinajstić information content (AvgIpc) is 4.15. The summed E-state index contributed by atoms with van der Waals surface area (Å²) in [5.74, 6) is 1.89. The van der Waals surface area contributed by atoms with E-state index in [2.05, 4.69) is 75.7 Å². The lowest BCUT2D eigenvalue weighted by atomic mass is 10.00. The van der Waals surface area contributed by atoms with Gasteiger partial charge in [0.2, 0.25) is 5.91 Å². The maximum Gasteiger partial charge on any atom is 0.411 e. The number of rotatable bonds is 13. The summed E-state index contributed by atoms with van der Waals surface area (Å²) in [4.78, 5) is 64.4.